The van der Waals surface area contributed by atoms with Gasteiger partial charge in [0.1, 0.15) is 34.5 Å². The average molecular weight is 2030 g/mol. The average Bonchev–Trinajstić information content (AvgIpc) is 0.707. The number of hydrogen-bond donors (Lipinski definition) is 0. The molecule has 9 nitrogen and oxygen atoms in total. The maximum absolute atomic E-state index is 13.2. The van der Waals surface area contributed by atoms with Gasteiger partial charge in [0, 0.05) is 97.2 Å². The zero-order valence-electron chi connectivity index (χ0n) is 102. The van der Waals surface area contributed by atoms with Crippen molar-refractivity contribution in [1.29, 1.82) is 0 Å². The zero-order chi connectivity index (χ0) is 114. The first kappa shape index (κ1) is 125. The molecule has 0 saturated heterocycles. The maximum Gasteiger partial charge on any atom is 0.194 e. The van der Waals surface area contributed by atoms with E-state index in [4.69, 9.17) is 14.2 Å². The third-order valence-corrected chi connectivity index (χ3v) is 27.1. The van der Waals surface area contributed by atoms with Gasteiger partial charge in [0.2, 0.25) is 0 Å². The van der Waals surface area contributed by atoms with E-state index in [1.54, 1.807) is 36.4 Å². The van der Waals surface area contributed by atoms with Crippen molar-refractivity contribution in [1.82, 2.24) is 0 Å². The van der Waals surface area contributed by atoms with Crippen LogP contribution in [-0.4, -0.2) is 34.7 Å². The Labute approximate surface area is 908 Å². The number of benzene rings is 12. The summed E-state index contributed by atoms with van der Waals surface area (Å²) >= 11 is 0. The van der Waals surface area contributed by atoms with Gasteiger partial charge in [0.15, 0.2) is 34.7 Å². The van der Waals surface area contributed by atoms with Gasteiger partial charge in [0.05, 0.1) is 0 Å². The third-order valence-electron chi connectivity index (χ3n) is 27.1. The van der Waals surface area contributed by atoms with Crippen molar-refractivity contribution >= 4 is 34.7 Å². The lowest BCUT2D eigenvalue weighted by atomic mass is 9.69. The lowest BCUT2D eigenvalue weighted by Crippen LogP contribution is -2.30. The fourth-order valence-electron chi connectivity index (χ4n) is 20.5. The largest absolute Gasteiger partial charge is 0.457 e. The first-order valence-electron chi connectivity index (χ1n) is 55.5. The Bertz CT molecular complexity index is 6310. The number of para-hydroxylation sites is 3. The molecule has 0 N–H and O–H groups in total. The molecule has 0 spiro atoms. The van der Waals surface area contributed by atoms with Crippen LogP contribution in [0, 0.1) is 0 Å². The summed E-state index contributed by atoms with van der Waals surface area (Å²) < 4.78 is 18.7. The Morgan fingerprint density at radius 1 is 0.167 bits per heavy atom. The molecule has 3 aliphatic heterocycles. The van der Waals surface area contributed by atoms with Crippen LogP contribution in [0.1, 0.15) is 528 Å². The first-order chi connectivity index (χ1) is 69.6. The van der Waals surface area contributed by atoms with Crippen molar-refractivity contribution < 1.29 is 43.0 Å². The van der Waals surface area contributed by atoms with Crippen molar-refractivity contribution in [2.45, 2.75) is 417 Å². The number of hydrogen-bond acceptors (Lipinski definition) is 9. The molecule has 12 aromatic carbocycles. The highest BCUT2D eigenvalue weighted by Crippen LogP contribution is 2.52. The molecular formula is C141H186O9. The number of fused-ring (bicyclic) bond motifs is 12. The molecule has 150 heavy (non-hydrogen) atoms. The van der Waals surface area contributed by atoms with E-state index in [0.717, 1.165) is 87.1 Å². The molecule has 0 atom stereocenters. The van der Waals surface area contributed by atoms with Gasteiger partial charge in [-0.1, -0.05) is 496 Å². The molecule has 3 heterocycles. The zero-order valence-corrected chi connectivity index (χ0v) is 102. The maximum atomic E-state index is 13.2. The van der Waals surface area contributed by atoms with E-state index in [1.165, 1.54) is 66.8 Å². The van der Waals surface area contributed by atoms with Crippen molar-refractivity contribution in [2.24, 2.45) is 0 Å². The van der Waals surface area contributed by atoms with Crippen LogP contribution in [0.15, 0.2) is 218 Å². The van der Waals surface area contributed by atoms with Gasteiger partial charge in [-0.05, 0) is 209 Å². The summed E-state index contributed by atoms with van der Waals surface area (Å²) in [6, 6.07) is 71.7. The smallest absolute Gasteiger partial charge is 0.194 e. The van der Waals surface area contributed by atoms with Gasteiger partial charge < -0.3 is 14.2 Å². The second kappa shape index (κ2) is 48.8. The molecule has 9 heteroatoms. The highest BCUT2D eigenvalue weighted by atomic mass is 16.5. The molecule has 0 radical (unpaired) electrons. The highest BCUT2D eigenvalue weighted by molar-refractivity contribution is 6.31. The normalized spacial score (nSPS) is 13.4. The second-order valence-electron chi connectivity index (χ2n) is 51.0. The van der Waals surface area contributed by atoms with E-state index in [-0.39, 0.29) is 99.7 Å². The van der Waals surface area contributed by atoms with Crippen LogP contribution >= 0.6 is 0 Å². The Morgan fingerprint density at radius 3 is 0.727 bits per heavy atom. The van der Waals surface area contributed by atoms with Crippen LogP contribution in [-0.2, 0) is 84.2 Å². The molecule has 18 rings (SSSR count). The van der Waals surface area contributed by atoms with Crippen molar-refractivity contribution in [3.8, 4) is 34.5 Å². The van der Waals surface area contributed by atoms with Crippen molar-refractivity contribution in [3.63, 3.8) is 0 Å². The summed E-state index contributed by atoms with van der Waals surface area (Å²) in [5.74, 6) is 5.87. The number of rotatable bonds is 0. The number of carbonyl (C=O) groups excluding carboxylic acids is 6. The minimum atomic E-state index is -0.226. The molecule has 0 unspecified atom stereocenters. The fraction of sp³-hybridized carbons (Fsp3) is 0.447. The van der Waals surface area contributed by atoms with Crippen LogP contribution < -0.4 is 14.2 Å². The summed E-state index contributed by atoms with van der Waals surface area (Å²) in [7, 11) is 0. The topological polar surface area (TPSA) is 130 Å². The van der Waals surface area contributed by atoms with Crippen molar-refractivity contribution in [3.05, 3.63) is 385 Å². The number of ether oxygens (including phenoxy) is 3. The predicted octanol–water partition coefficient (Wildman–Crippen LogP) is 39.3. The highest BCUT2D eigenvalue weighted by Gasteiger charge is 2.43. The lowest BCUT2D eigenvalue weighted by molar-refractivity contribution is 0.0977. The van der Waals surface area contributed by atoms with Gasteiger partial charge in [-0.15, -0.1) is 0 Å². The van der Waals surface area contributed by atoms with E-state index < -0.39 is 0 Å². The second-order valence-corrected chi connectivity index (χ2v) is 51.0. The van der Waals surface area contributed by atoms with E-state index in [1.807, 2.05) is 174 Å². The van der Waals surface area contributed by atoms with Crippen LogP contribution in [0.4, 0.5) is 0 Å². The monoisotopic (exact) mass is 2020 g/mol. The molecular weight excluding hydrogens is 1840 g/mol. The SMILES string of the molecule is CC.CC.CC.CC.CC.CC.CC(C)(C)c1cc2c(cc1C(C)(C)C)C(=O)c1ccccc1C2=O.CC(C)(C)c1cc2c(cc1C(C)(C)C)Oc1ccccc1C2.CC(C)(C)c1ccc2c(c1C(C)(C)C)C(=O)c1ccccc1C2=O.CC(C)(C)c1ccc2c(c1C(C)(C)C)C(=O)c1ccccc1C2=O.CC(C)(C)c1ccc2c(c1C(C)(C)C)Cc1ccccc1O2.CC(C)(C)c1ccc2c(c1C(C)(C)C)Oc1ccccc1C2. The van der Waals surface area contributed by atoms with Crippen LogP contribution in [0.5, 0.6) is 34.5 Å². The molecule has 804 valence electrons. The van der Waals surface area contributed by atoms with Crippen LogP contribution in [0.25, 0.3) is 0 Å². The van der Waals surface area contributed by atoms with Gasteiger partial charge >= 0.3 is 0 Å². The molecule has 3 aliphatic carbocycles. The Morgan fingerprint density at radius 2 is 0.407 bits per heavy atom. The first-order valence-corrected chi connectivity index (χ1v) is 55.5. The summed E-state index contributed by atoms with van der Waals surface area (Å²) in [5.41, 5.74) is 29.0. The van der Waals surface area contributed by atoms with E-state index >= 15 is 0 Å². The Hall–Kier alpha value is -11.9. The quantitative estimate of drug-likeness (QED) is 0.146. The van der Waals surface area contributed by atoms with Crippen LogP contribution in [0.3, 0.4) is 0 Å². The van der Waals surface area contributed by atoms with E-state index in [2.05, 4.69) is 340 Å². The standard InChI is InChI=1S/3C22H24O2.3C21H26O.6C2H6/c1-21(2,3)17-11-15-16(12-18(17)22(4,5)6)20(24)14-10-8-7-9-13(14)19(15)23;2*1-21(2,3)16-12-11-15-17(18(16)22(4,5)6)20(24)14-10-8-7-9-13(14)19(15)23;1-20(2,3)16-12-15-11-14-9-7-8-10-18(14)22-19(15)13-17(16)21(4,5)6;1-20(2,3)16-11-12-18-15(19(16)21(4,5)6)13-14-9-7-8-10-17(14)22-18;1-20(2,3)16-12-11-15-13-14-9-7-8-10-17(14)22-19(15)18(16)21(4,5)6;6*1-2/h3*7-12H,1-6H3;7-10,12-13H,11H2,1-6H3;2*7-12H,13H2,1-6H3;6*1-2H3. The van der Waals surface area contributed by atoms with Crippen molar-refractivity contribution in [2.75, 3.05) is 0 Å². The van der Waals surface area contributed by atoms with Gasteiger partial charge in [-0.25, -0.2) is 0 Å². The fourth-order valence-corrected chi connectivity index (χ4v) is 20.5. The molecule has 0 saturated carbocycles. The van der Waals surface area contributed by atoms with Crippen LogP contribution in [0.2, 0.25) is 0 Å². The van der Waals surface area contributed by atoms with E-state index in [0.29, 0.717) is 66.8 Å². The molecule has 0 aromatic heterocycles. The third kappa shape index (κ3) is 27.9. The molecule has 12 aromatic rings. The summed E-state index contributed by atoms with van der Waals surface area (Å²) in [6.45, 7) is 104. The lowest BCUT2D eigenvalue weighted by Gasteiger charge is -2.35. The van der Waals surface area contributed by atoms with Gasteiger partial charge in [-0.2, -0.15) is 0 Å². The predicted molar refractivity (Wildman–Crippen MR) is 639 cm³/mol. The molecule has 6 aliphatic rings. The minimum absolute atomic E-state index is 0.0313. The van der Waals surface area contributed by atoms with Gasteiger partial charge in [-0.3, -0.25) is 28.8 Å². The van der Waals surface area contributed by atoms with E-state index in [9.17, 15) is 28.8 Å². The molecule has 0 bridgehead atoms. The number of carbonyl (C=O) groups is 6. The summed E-state index contributed by atoms with van der Waals surface area (Å²) in [6.07, 6.45) is 2.88. The molecule has 0 amide bonds. The minimum Gasteiger partial charge on any atom is -0.457 e. The molecule has 0 fully saturated rings. The number of ketones is 6. The summed E-state index contributed by atoms with van der Waals surface area (Å²) in [4.78, 5) is 78.3. The Balaban J connectivity index is 0.000000238. The summed E-state index contributed by atoms with van der Waals surface area (Å²) in [5, 5.41) is 0. The van der Waals surface area contributed by atoms with Gasteiger partial charge in [0.25, 0.3) is 0 Å². The Kier molecular flexibility index (Phi) is 40.6.